The molecule has 0 spiro atoms. The standard InChI is InChI=1S/C15H21NO2S/c1-6-13(5)15(11(2)3)16-19(17,18)14-9-7-12(4)8-10-14/h6-11,15-16H,1,5H2,2-4H3. The Morgan fingerprint density at radius 2 is 1.79 bits per heavy atom. The Morgan fingerprint density at radius 3 is 2.21 bits per heavy atom. The van der Waals surface area contributed by atoms with Crippen LogP contribution in [0.15, 0.2) is 54.0 Å². The van der Waals surface area contributed by atoms with Gasteiger partial charge in [0.15, 0.2) is 0 Å². The van der Waals surface area contributed by atoms with Gasteiger partial charge in [0.25, 0.3) is 0 Å². The van der Waals surface area contributed by atoms with Gasteiger partial charge in [0.2, 0.25) is 10.0 Å². The largest absolute Gasteiger partial charge is 0.241 e. The van der Waals surface area contributed by atoms with E-state index in [-0.39, 0.29) is 16.9 Å². The third kappa shape index (κ3) is 4.04. The molecule has 0 aliphatic carbocycles. The van der Waals surface area contributed by atoms with Crippen molar-refractivity contribution in [1.82, 2.24) is 4.72 Å². The topological polar surface area (TPSA) is 46.2 Å². The van der Waals surface area contributed by atoms with Crippen molar-refractivity contribution in [3.8, 4) is 0 Å². The van der Waals surface area contributed by atoms with E-state index in [1.54, 1.807) is 30.3 Å². The molecular weight excluding hydrogens is 258 g/mol. The van der Waals surface area contributed by atoms with Crippen molar-refractivity contribution in [2.75, 3.05) is 0 Å². The molecule has 1 atom stereocenters. The summed E-state index contributed by atoms with van der Waals surface area (Å²) in [6.45, 7) is 13.3. The molecule has 1 N–H and O–H groups in total. The number of sulfonamides is 1. The van der Waals surface area contributed by atoms with Crippen LogP contribution in [0.4, 0.5) is 0 Å². The first-order valence-electron chi connectivity index (χ1n) is 6.18. The lowest BCUT2D eigenvalue weighted by molar-refractivity contribution is 0.499. The van der Waals surface area contributed by atoms with Gasteiger partial charge in [-0.05, 0) is 30.5 Å². The van der Waals surface area contributed by atoms with E-state index in [9.17, 15) is 8.42 Å². The van der Waals surface area contributed by atoms with Gasteiger partial charge in [-0.25, -0.2) is 13.1 Å². The minimum Gasteiger partial charge on any atom is -0.207 e. The Morgan fingerprint density at radius 1 is 1.26 bits per heavy atom. The predicted octanol–water partition coefficient (Wildman–Crippen LogP) is 3.04. The zero-order chi connectivity index (χ0) is 14.6. The first-order chi connectivity index (χ1) is 8.77. The van der Waals surface area contributed by atoms with Gasteiger partial charge in [-0.15, -0.1) is 0 Å². The van der Waals surface area contributed by atoms with Crippen molar-refractivity contribution in [3.63, 3.8) is 0 Å². The molecule has 0 aliphatic rings. The number of aryl methyl sites for hydroxylation is 1. The summed E-state index contributed by atoms with van der Waals surface area (Å²) in [7, 11) is -3.53. The van der Waals surface area contributed by atoms with Crippen LogP contribution in [0, 0.1) is 12.8 Å². The Hall–Kier alpha value is -1.39. The summed E-state index contributed by atoms with van der Waals surface area (Å²) in [6, 6.07) is 6.42. The molecule has 1 unspecified atom stereocenters. The maximum absolute atomic E-state index is 12.3. The molecule has 0 heterocycles. The lowest BCUT2D eigenvalue weighted by Crippen LogP contribution is -2.39. The maximum atomic E-state index is 12.3. The summed E-state index contributed by atoms with van der Waals surface area (Å²) in [5.74, 6) is 0.103. The molecular formula is C15H21NO2S. The first-order valence-corrected chi connectivity index (χ1v) is 7.66. The molecule has 1 aromatic rings. The summed E-state index contributed by atoms with van der Waals surface area (Å²) < 4.78 is 27.3. The van der Waals surface area contributed by atoms with Crippen LogP contribution in [0.2, 0.25) is 0 Å². The average molecular weight is 279 g/mol. The van der Waals surface area contributed by atoms with Crippen LogP contribution in [0.3, 0.4) is 0 Å². The van der Waals surface area contributed by atoms with Crippen molar-refractivity contribution < 1.29 is 8.42 Å². The van der Waals surface area contributed by atoms with E-state index in [4.69, 9.17) is 0 Å². The molecule has 0 saturated carbocycles. The highest BCUT2D eigenvalue weighted by molar-refractivity contribution is 7.89. The van der Waals surface area contributed by atoms with Gasteiger partial charge in [-0.1, -0.05) is 50.8 Å². The fourth-order valence-corrected chi connectivity index (χ4v) is 3.11. The van der Waals surface area contributed by atoms with E-state index in [0.29, 0.717) is 5.57 Å². The Bertz CT molecular complexity index is 556. The minimum atomic E-state index is -3.53. The summed E-state index contributed by atoms with van der Waals surface area (Å²) in [4.78, 5) is 0.264. The van der Waals surface area contributed by atoms with Crippen molar-refractivity contribution in [1.29, 1.82) is 0 Å². The highest BCUT2D eigenvalue weighted by Crippen LogP contribution is 2.16. The van der Waals surface area contributed by atoms with E-state index in [0.717, 1.165) is 5.56 Å². The van der Waals surface area contributed by atoms with E-state index in [2.05, 4.69) is 17.9 Å². The summed E-state index contributed by atoms with van der Waals surface area (Å²) in [5.41, 5.74) is 1.69. The minimum absolute atomic E-state index is 0.103. The van der Waals surface area contributed by atoms with Gasteiger partial charge in [-0.3, -0.25) is 0 Å². The molecule has 0 amide bonds. The Balaban J connectivity index is 3.04. The van der Waals surface area contributed by atoms with Crippen molar-refractivity contribution in [2.24, 2.45) is 5.92 Å². The molecule has 0 aromatic heterocycles. The molecule has 0 saturated heterocycles. The monoisotopic (exact) mass is 279 g/mol. The molecule has 0 aliphatic heterocycles. The summed E-state index contributed by atoms with van der Waals surface area (Å²) in [5, 5.41) is 0. The van der Waals surface area contributed by atoms with Gasteiger partial charge in [0.1, 0.15) is 0 Å². The second-order valence-electron chi connectivity index (χ2n) is 4.94. The number of rotatable bonds is 6. The lowest BCUT2D eigenvalue weighted by atomic mass is 9.98. The van der Waals surface area contributed by atoms with Crippen molar-refractivity contribution in [3.05, 3.63) is 54.6 Å². The maximum Gasteiger partial charge on any atom is 0.241 e. The Kier molecular flexibility index (Phi) is 5.09. The SMILES string of the molecule is C=CC(=C)C(NS(=O)(=O)c1ccc(C)cc1)C(C)C. The summed E-state index contributed by atoms with van der Waals surface area (Å²) >= 11 is 0. The Labute approximate surface area is 116 Å². The fourth-order valence-electron chi connectivity index (χ4n) is 1.72. The molecule has 4 heteroatoms. The molecule has 0 bridgehead atoms. The highest BCUT2D eigenvalue weighted by Gasteiger charge is 2.23. The molecule has 0 radical (unpaired) electrons. The normalized spacial score (nSPS) is 13.3. The average Bonchev–Trinajstić information content (AvgIpc) is 2.35. The van der Waals surface area contributed by atoms with Gasteiger partial charge >= 0.3 is 0 Å². The first kappa shape index (κ1) is 15.7. The smallest absolute Gasteiger partial charge is 0.207 e. The predicted molar refractivity (Wildman–Crippen MR) is 79.5 cm³/mol. The van der Waals surface area contributed by atoms with E-state index in [1.807, 2.05) is 20.8 Å². The van der Waals surface area contributed by atoms with Crippen LogP contribution in [0.1, 0.15) is 19.4 Å². The van der Waals surface area contributed by atoms with E-state index < -0.39 is 10.0 Å². The fraction of sp³-hybridized carbons (Fsp3) is 0.333. The second kappa shape index (κ2) is 6.17. The summed E-state index contributed by atoms with van der Waals surface area (Å²) in [6.07, 6.45) is 1.59. The number of nitrogens with one attached hydrogen (secondary N) is 1. The van der Waals surface area contributed by atoms with Crippen LogP contribution >= 0.6 is 0 Å². The van der Waals surface area contributed by atoms with Crippen LogP contribution < -0.4 is 4.72 Å². The van der Waals surface area contributed by atoms with Crippen LogP contribution in [0.25, 0.3) is 0 Å². The van der Waals surface area contributed by atoms with Crippen molar-refractivity contribution in [2.45, 2.75) is 31.7 Å². The third-order valence-corrected chi connectivity index (χ3v) is 4.40. The third-order valence-electron chi connectivity index (χ3n) is 2.94. The lowest BCUT2D eigenvalue weighted by Gasteiger charge is -2.22. The quantitative estimate of drug-likeness (QED) is 0.814. The van der Waals surface area contributed by atoms with Crippen LogP contribution in [-0.4, -0.2) is 14.5 Å². The zero-order valence-electron chi connectivity index (χ0n) is 11.7. The van der Waals surface area contributed by atoms with Crippen LogP contribution in [0.5, 0.6) is 0 Å². The number of hydrogen-bond acceptors (Lipinski definition) is 2. The van der Waals surface area contributed by atoms with Gasteiger partial charge < -0.3 is 0 Å². The second-order valence-corrected chi connectivity index (χ2v) is 6.65. The molecule has 1 rings (SSSR count). The van der Waals surface area contributed by atoms with Crippen molar-refractivity contribution >= 4 is 10.0 Å². The molecule has 19 heavy (non-hydrogen) atoms. The molecule has 104 valence electrons. The highest BCUT2D eigenvalue weighted by atomic mass is 32.2. The number of hydrogen-bond donors (Lipinski definition) is 1. The van der Waals surface area contributed by atoms with E-state index >= 15 is 0 Å². The molecule has 3 nitrogen and oxygen atoms in total. The van der Waals surface area contributed by atoms with E-state index in [1.165, 1.54) is 0 Å². The number of benzene rings is 1. The molecule has 1 aromatic carbocycles. The van der Waals surface area contributed by atoms with Gasteiger partial charge in [0, 0.05) is 6.04 Å². The van der Waals surface area contributed by atoms with Gasteiger partial charge in [0.05, 0.1) is 4.90 Å². The van der Waals surface area contributed by atoms with Gasteiger partial charge in [-0.2, -0.15) is 0 Å². The zero-order valence-corrected chi connectivity index (χ0v) is 12.5. The molecule has 0 fully saturated rings. The van der Waals surface area contributed by atoms with Crippen LogP contribution in [-0.2, 0) is 10.0 Å².